The molecule has 17 heavy (non-hydrogen) atoms. The number of benzene rings is 1. The van der Waals surface area contributed by atoms with E-state index in [2.05, 4.69) is 0 Å². The average Bonchev–Trinajstić information content (AvgIpc) is 2.69. The standard InChI is InChI=1S/C13H18O4/c1-14-12(15-2)9-10-7-5-6-8-11(10)13(12,16-3)17-4/h5-8H,9H2,1-4H3. The van der Waals surface area contributed by atoms with Gasteiger partial charge in [-0.05, 0) is 5.56 Å². The molecule has 4 heteroatoms. The van der Waals surface area contributed by atoms with Gasteiger partial charge in [-0.2, -0.15) is 0 Å². The van der Waals surface area contributed by atoms with Gasteiger partial charge in [0.05, 0.1) is 0 Å². The van der Waals surface area contributed by atoms with Gasteiger partial charge in [-0.3, -0.25) is 0 Å². The van der Waals surface area contributed by atoms with Gasteiger partial charge in [0.25, 0.3) is 5.79 Å². The van der Waals surface area contributed by atoms with Crippen molar-refractivity contribution in [3.05, 3.63) is 35.4 Å². The number of fused-ring (bicyclic) bond motifs is 1. The minimum atomic E-state index is -1.02. The number of hydrogen-bond acceptors (Lipinski definition) is 4. The molecular weight excluding hydrogens is 220 g/mol. The molecule has 1 aliphatic rings. The molecule has 0 aromatic heterocycles. The van der Waals surface area contributed by atoms with E-state index in [0.29, 0.717) is 6.42 Å². The highest BCUT2D eigenvalue weighted by Crippen LogP contribution is 2.49. The van der Waals surface area contributed by atoms with Crippen molar-refractivity contribution in [2.75, 3.05) is 28.4 Å². The molecule has 0 N–H and O–H groups in total. The van der Waals surface area contributed by atoms with Gasteiger partial charge in [0, 0.05) is 40.4 Å². The third-order valence-corrected chi connectivity index (χ3v) is 3.53. The Morgan fingerprint density at radius 1 is 0.882 bits per heavy atom. The van der Waals surface area contributed by atoms with Crippen LogP contribution in [-0.2, 0) is 31.2 Å². The van der Waals surface area contributed by atoms with Crippen LogP contribution in [0.4, 0.5) is 0 Å². The second kappa shape index (κ2) is 4.38. The van der Waals surface area contributed by atoms with Gasteiger partial charge < -0.3 is 18.9 Å². The minimum Gasteiger partial charge on any atom is -0.348 e. The van der Waals surface area contributed by atoms with Gasteiger partial charge in [0.2, 0.25) is 5.79 Å². The fraction of sp³-hybridized carbons (Fsp3) is 0.538. The van der Waals surface area contributed by atoms with E-state index in [1.165, 1.54) is 0 Å². The molecule has 0 saturated heterocycles. The van der Waals surface area contributed by atoms with E-state index in [9.17, 15) is 0 Å². The summed E-state index contributed by atoms with van der Waals surface area (Å²) >= 11 is 0. The SMILES string of the molecule is COC1(OC)Cc2ccccc2C1(OC)OC. The Morgan fingerprint density at radius 3 is 2.00 bits per heavy atom. The molecular formula is C13H18O4. The lowest BCUT2D eigenvalue weighted by Crippen LogP contribution is -2.54. The third-order valence-electron chi connectivity index (χ3n) is 3.53. The number of hydrogen-bond donors (Lipinski definition) is 0. The van der Waals surface area contributed by atoms with E-state index in [4.69, 9.17) is 18.9 Å². The second-order valence-electron chi connectivity index (χ2n) is 4.02. The first-order valence-electron chi connectivity index (χ1n) is 5.48. The molecule has 0 heterocycles. The van der Waals surface area contributed by atoms with Crippen molar-refractivity contribution in [1.29, 1.82) is 0 Å². The number of methoxy groups -OCH3 is 4. The maximum absolute atomic E-state index is 5.60. The fourth-order valence-electron chi connectivity index (χ4n) is 2.68. The van der Waals surface area contributed by atoms with Crippen molar-refractivity contribution in [3.8, 4) is 0 Å². The Labute approximate surface area is 101 Å². The normalized spacial score (nSPS) is 20.2. The zero-order chi connectivity index (χ0) is 12.5. The summed E-state index contributed by atoms with van der Waals surface area (Å²) in [5.74, 6) is -1.97. The van der Waals surface area contributed by atoms with Crippen LogP contribution in [0.2, 0.25) is 0 Å². The molecule has 0 spiro atoms. The lowest BCUT2D eigenvalue weighted by Gasteiger charge is -2.41. The summed E-state index contributed by atoms with van der Waals surface area (Å²) in [5, 5.41) is 0. The second-order valence-corrected chi connectivity index (χ2v) is 4.02. The van der Waals surface area contributed by atoms with Crippen LogP contribution >= 0.6 is 0 Å². The molecule has 0 radical (unpaired) electrons. The Morgan fingerprint density at radius 2 is 1.47 bits per heavy atom. The van der Waals surface area contributed by atoms with Crippen molar-refractivity contribution in [3.63, 3.8) is 0 Å². The van der Waals surface area contributed by atoms with Crippen molar-refractivity contribution in [2.24, 2.45) is 0 Å². The van der Waals surface area contributed by atoms with Gasteiger partial charge in [0.15, 0.2) is 0 Å². The van der Waals surface area contributed by atoms with E-state index < -0.39 is 11.6 Å². The van der Waals surface area contributed by atoms with Crippen LogP contribution in [-0.4, -0.2) is 34.2 Å². The van der Waals surface area contributed by atoms with Crippen molar-refractivity contribution >= 4 is 0 Å². The van der Waals surface area contributed by atoms with Gasteiger partial charge >= 0.3 is 0 Å². The first kappa shape index (κ1) is 12.5. The Kier molecular flexibility index (Phi) is 3.23. The maximum atomic E-state index is 5.60. The van der Waals surface area contributed by atoms with Crippen LogP contribution in [0.15, 0.2) is 24.3 Å². The lowest BCUT2D eigenvalue weighted by molar-refractivity contribution is -0.388. The fourth-order valence-corrected chi connectivity index (χ4v) is 2.68. The van der Waals surface area contributed by atoms with Crippen molar-refractivity contribution < 1.29 is 18.9 Å². The largest absolute Gasteiger partial charge is 0.348 e. The highest BCUT2D eigenvalue weighted by atomic mass is 16.8. The van der Waals surface area contributed by atoms with E-state index >= 15 is 0 Å². The minimum absolute atomic E-state index is 0.595. The van der Waals surface area contributed by atoms with Gasteiger partial charge in [-0.25, -0.2) is 0 Å². The summed E-state index contributed by atoms with van der Waals surface area (Å²) in [6.45, 7) is 0. The average molecular weight is 238 g/mol. The molecule has 0 aliphatic heterocycles. The molecule has 0 bridgehead atoms. The summed E-state index contributed by atoms with van der Waals surface area (Å²) in [6, 6.07) is 7.94. The van der Waals surface area contributed by atoms with Crippen molar-refractivity contribution in [1.82, 2.24) is 0 Å². The summed E-state index contributed by atoms with van der Waals surface area (Å²) in [4.78, 5) is 0. The van der Waals surface area contributed by atoms with E-state index in [1.54, 1.807) is 28.4 Å². The molecule has 2 rings (SSSR count). The third kappa shape index (κ3) is 1.45. The first-order valence-corrected chi connectivity index (χ1v) is 5.48. The Hall–Kier alpha value is -0.940. The van der Waals surface area contributed by atoms with Crippen LogP contribution in [0.25, 0.3) is 0 Å². The first-order chi connectivity index (χ1) is 8.19. The number of rotatable bonds is 4. The van der Waals surface area contributed by atoms with Gasteiger partial charge in [-0.15, -0.1) is 0 Å². The number of ether oxygens (including phenoxy) is 4. The molecule has 1 aromatic carbocycles. The van der Waals surface area contributed by atoms with Crippen molar-refractivity contribution in [2.45, 2.75) is 18.0 Å². The molecule has 4 nitrogen and oxygen atoms in total. The molecule has 0 unspecified atom stereocenters. The Balaban J connectivity index is 2.62. The quantitative estimate of drug-likeness (QED) is 0.748. The van der Waals surface area contributed by atoms with Crippen LogP contribution in [0, 0.1) is 0 Å². The monoisotopic (exact) mass is 238 g/mol. The maximum Gasteiger partial charge on any atom is 0.251 e. The van der Waals surface area contributed by atoms with E-state index in [-0.39, 0.29) is 0 Å². The zero-order valence-corrected chi connectivity index (χ0v) is 10.6. The summed E-state index contributed by atoms with van der Waals surface area (Å²) in [7, 11) is 6.39. The van der Waals surface area contributed by atoms with E-state index in [0.717, 1.165) is 11.1 Å². The van der Waals surface area contributed by atoms with Gasteiger partial charge in [-0.1, -0.05) is 24.3 Å². The highest BCUT2D eigenvalue weighted by Gasteiger charge is 2.61. The van der Waals surface area contributed by atoms with Gasteiger partial charge in [0.1, 0.15) is 0 Å². The summed E-state index contributed by atoms with van der Waals surface area (Å²) < 4.78 is 22.3. The predicted molar refractivity (Wildman–Crippen MR) is 62.6 cm³/mol. The zero-order valence-electron chi connectivity index (χ0n) is 10.6. The summed E-state index contributed by atoms with van der Waals surface area (Å²) in [6.07, 6.45) is 0.595. The van der Waals surface area contributed by atoms with Crippen LogP contribution in [0.5, 0.6) is 0 Å². The summed E-state index contributed by atoms with van der Waals surface area (Å²) in [5.41, 5.74) is 2.06. The molecule has 0 saturated carbocycles. The molecule has 0 atom stereocenters. The highest BCUT2D eigenvalue weighted by molar-refractivity contribution is 5.39. The van der Waals surface area contributed by atoms with Crippen LogP contribution in [0.1, 0.15) is 11.1 Å². The van der Waals surface area contributed by atoms with Crippen LogP contribution in [0.3, 0.4) is 0 Å². The lowest BCUT2D eigenvalue weighted by atomic mass is 10.0. The molecule has 1 aliphatic carbocycles. The Bertz CT molecular complexity index is 394. The van der Waals surface area contributed by atoms with Crippen LogP contribution < -0.4 is 0 Å². The van der Waals surface area contributed by atoms with E-state index in [1.807, 2.05) is 24.3 Å². The topological polar surface area (TPSA) is 36.9 Å². The molecule has 0 amide bonds. The predicted octanol–water partition coefficient (Wildman–Crippen LogP) is 1.68. The molecule has 0 fully saturated rings. The smallest absolute Gasteiger partial charge is 0.251 e. The molecule has 94 valence electrons. The molecule has 1 aromatic rings.